The first-order valence-electron chi connectivity index (χ1n) is 12.2. The smallest absolute Gasteiger partial charge is 0.249 e. The van der Waals surface area contributed by atoms with Gasteiger partial charge in [0.1, 0.15) is 11.5 Å². The number of hydrogen-bond donors (Lipinski definition) is 3. The highest BCUT2D eigenvalue weighted by Gasteiger charge is 2.19. The Hall–Kier alpha value is -4.72. The molecule has 1 saturated heterocycles. The van der Waals surface area contributed by atoms with Gasteiger partial charge in [-0.3, -0.25) is 14.4 Å². The Labute approximate surface area is 214 Å². The van der Waals surface area contributed by atoms with Crippen LogP contribution in [-0.2, 0) is 20.8 Å². The summed E-state index contributed by atoms with van der Waals surface area (Å²) in [5, 5.41) is 3.64. The maximum absolute atomic E-state index is 12.7. The summed E-state index contributed by atoms with van der Waals surface area (Å²) >= 11 is 0. The van der Waals surface area contributed by atoms with Crippen LogP contribution in [0.1, 0.15) is 36.0 Å². The van der Waals surface area contributed by atoms with Crippen molar-refractivity contribution in [2.24, 2.45) is 5.73 Å². The van der Waals surface area contributed by atoms with Crippen molar-refractivity contribution < 1.29 is 14.4 Å². The van der Waals surface area contributed by atoms with Crippen molar-refractivity contribution in [3.8, 4) is 0 Å². The number of pyridine rings is 1. The van der Waals surface area contributed by atoms with Crippen LogP contribution in [0.2, 0.25) is 0 Å². The van der Waals surface area contributed by atoms with E-state index in [1.807, 2.05) is 60.7 Å². The zero-order valence-corrected chi connectivity index (χ0v) is 20.2. The summed E-state index contributed by atoms with van der Waals surface area (Å²) < 4.78 is 0. The van der Waals surface area contributed by atoms with Crippen molar-refractivity contribution in [2.45, 2.75) is 25.7 Å². The molecular weight excluding hydrogens is 466 g/mol. The van der Waals surface area contributed by atoms with Gasteiger partial charge >= 0.3 is 0 Å². The van der Waals surface area contributed by atoms with Crippen LogP contribution in [-0.4, -0.2) is 34.2 Å². The second-order valence-corrected chi connectivity index (χ2v) is 9.02. The Morgan fingerprint density at radius 3 is 2.54 bits per heavy atom. The maximum atomic E-state index is 12.7. The van der Waals surface area contributed by atoms with Gasteiger partial charge in [0, 0.05) is 41.4 Å². The van der Waals surface area contributed by atoms with Crippen molar-refractivity contribution in [3.05, 3.63) is 89.6 Å². The molecule has 37 heavy (non-hydrogen) atoms. The summed E-state index contributed by atoms with van der Waals surface area (Å²) in [5.41, 5.74) is 9.82. The molecule has 0 unspecified atom stereocenters. The lowest BCUT2D eigenvalue weighted by Gasteiger charge is -2.26. The minimum atomic E-state index is -0.520. The summed E-state index contributed by atoms with van der Waals surface area (Å²) in [7, 11) is 0. The topological polar surface area (TPSA) is 121 Å². The highest BCUT2D eigenvalue weighted by Crippen LogP contribution is 2.25. The number of carbonyl (C=O) groups excluding carboxylic acids is 3. The minimum Gasteiger partial charge on any atom is -0.366 e. The summed E-state index contributed by atoms with van der Waals surface area (Å²) in [4.78, 5) is 46.3. The number of aromatic amines is 1. The van der Waals surface area contributed by atoms with Gasteiger partial charge in [0.2, 0.25) is 17.7 Å². The molecule has 1 fully saturated rings. The average molecular weight is 494 g/mol. The number of carbonyl (C=O) groups is 3. The normalized spacial score (nSPS) is 14.1. The lowest BCUT2D eigenvalue weighted by atomic mass is 10.0. The van der Waals surface area contributed by atoms with Crippen LogP contribution < -0.4 is 16.0 Å². The van der Waals surface area contributed by atoms with E-state index in [0.717, 1.165) is 47.2 Å². The lowest BCUT2D eigenvalue weighted by Crippen LogP contribution is -2.35. The fourth-order valence-electron chi connectivity index (χ4n) is 4.53. The zero-order chi connectivity index (χ0) is 25.8. The fraction of sp³-hybridized carbons (Fsp3) is 0.172. The molecular formula is C29H27N5O3. The second kappa shape index (κ2) is 10.5. The second-order valence-electron chi connectivity index (χ2n) is 9.02. The molecule has 0 aliphatic carbocycles. The molecule has 0 atom stereocenters. The van der Waals surface area contributed by atoms with E-state index in [1.165, 1.54) is 0 Å². The number of primary amides is 1. The number of hydrogen-bond acceptors (Lipinski definition) is 4. The first-order chi connectivity index (χ1) is 18.0. The van der Waals surface area contributed by atoms with Gasteiger partial charge in [-0.1, -0.05) is 42.5 Å². The number of fused-ring (bicyclic) bond motifs is 1. The van der Waals surface area contributed by atoms with Gasteiger partial charge in [0.15, 0.2) is 0 Å². The Morgan fingerprint density at radius 2 is 1.81 bits per heavy atom. The van der Waals surface area contributed by atoms with E-state index >= 15 is 0 Å². The molecule has 0 spiro atoms. The van der Waals surface area contributed by atoms with Crippen molar-refractivity contribution in [2.75, 3.05) is 16.8 Å². The summed E-state index contributed by atoms with van der Waals surface area (Å²) in [6.45, 7) is 0.735. The van der Waals surface area contributed by atoms with Gasteiger partial charge < -0.3 is 20.9 Å². The number of nitrogens with one attached hydrogen (secondary N) is 2. The maximum Gasteiger partial charge on any atom is 0.249 e. The number of amides is 3. The molecule has 0 bridgehead atoms. The van der Waals surface area contributed by atoms with Gasteiger partial charge in [-0.15, -0.1) is 0 Å². The Kier molecular flexibility index (Phi) is 6.81. The van der Waals surface area contributed by atoms with Gasteiger partial charge in [0.05, 0.1) is 6.42 Å². The average Bonchev–Trinajstić information content (AvgIpc) is 3.30. The Balaban J connectivity index is 1.27. The highest BCUT2D eigenvalue weighted by atomic mass is 16.2. The molecule has 1 aliphatic heterocycles. The van der Waals surface area contributed by atoms with Crippen LogP contribution in [0, 0.1) is 0 Å². The molecule has 1 aliphatic rings. The van der Waals surface area contributed by atoms with Gasteiger partial charge in [-0.25, -0.2) is 4.98 Å². The van der Waals surface area contributed by atoms with Gasteiger partial charge in [-0.2, -0.15) is 0 Å². The van der Waals surface area contributed by atoms with Crippen molar-refractivity contribution in [3.63, 3.8) is 0 Å². The molecule has 4 aromatic rings. The van der Waals surface area contributed by atoms with Gasteiger partial charge in [-0.05, 0) is 54.3 Å². The molecule has 8 nitrogen and oxygen atoms in total. The predicted octanol–water partition coefficient (Wildman–Crippen LogP) is 4.29. The molecule has 4 N–H and O–H groups in total. The van der Waals surface area contributed by atoms with Gasteiger partial charge in [0.25, 0.3) is 0 Å². The monoisotopic (exact) mass is 493 g/mol. The number of anilines is 2. The molecule has 2 aromatic carbocycles. The minimum absolute atomic E-state index is 0.145. The third kappa shape index (κ3) is 5.43. The van der Waals surface area contributed by atoms with E-state index in [9.17, 15) is 14.4 Å². The van der Waals surface area contributed by atoms with E-state index in [1.54, 1.807) is 23.2 Å². The third-order valence-electron chi connectivity index (χ3n) is 6.42. The number of nitrogens with two attached hydrogens (primary N) is 1. The summed E-state index contributed by atoms with van der Waals surface area (Å²) in [6.07, 6.45) is 6.20. The molecule has 0 radical (unpaired) electrons. The van der Waals surface area contributed by atoms with Crippen molar-refractivity contribution in [1.29, 1.82) is 0 Å². The van der Waals surface area contributed by atoms with Crippen LogP contribution in [0.25, 0.3) is 22.7 Å². The number of nitrogens with zero attached hydrogens (tertiary/aromatic N) is 2. The number of piperidine rings is 1. The SMILES string of the molecule is NC(=O)/C(=C/c1c[nH]c2nc(NC(=O)Cc3ccc(N4CCCCC4=O)cc3)ccc12)c1ccccc1. The zero-order valence-electron chi connectivity index (χ0n) is 20.2. The predicted molar refractivity (Wildman–Crippen MR) is 145 cm³/mol. The van der Waals surface area contributed by atoms with E-state index in [0.29, 0.717) is 23.5 Å². The van der Waals surface area contributed by atoms with E-state index in [4.69, 9.17) is 5.73 Å². The molecule has 2 aromatic heterocycles. The first kappa shape index (κ1) is 24.0. The molecule has 3 amide bonds. The molecule has 0 saturated carbocycles. The van der Waals surface area contributed by atoms with E-state index in [2.05, 4.69) is 15.3 Å². The molecule has 186 valence electrons. The number of H-pyrrole nitrogens is 1. The van der Waals surface area contributed by atoms with Crippen LogP contribution in [0.5, 0.6) is 0 Å². The van der Waals surface area contributed by atoms with Crippen LogP contribution in [0.15, 0.2) is 72.9 Å². The Morgan fingerprint density at radius 1 is 1.03 bits per heavy atom. The van der Waals surface area contributed by atoms with Crippen LogP contribution in [0.3, 0.4) is 0 Å². The Bertz CT molecular complexity index is 1490. The summed E-state index contributed by atoms with van der Waals surface area (Å²) in [5.74, 6) is -0.149. The first-order valence-corrected chi connectivity index (χ1v) is 12.2. The van der Waals surface area contributed by atoms with Crippen molar-refractivity contribution >= 4 is 51.9 Å². The quantitative estimate of drug-likeness (QED) is 0.333. The lowest BCUT2D eigenvalue weighted by molar-refractivity contribution is -0.119. The molecule has 3 heterocycles. The largest absolute Gasteiger partial charge is 0.366 e. The third-order valence-corrected chi connectivity index (χ3v) is 6.42. The van der Waals surface area contributed by atoms with Crippen LogP contribution in [0.4, 0.5) is 11.5 Å². The van der Waals surface area contributed by atoms with E-state index in [-0.39, 0.29) is 18.2 Å². The molecule has 8 heteroatoms. The van der Waals surface area contributed by atoms with E-state index < -0.39 is 5.91 Å². The highest BCUT2D eigenvalue weighted by molar-refractivity contribution is 6.24. The summed E-state index contributed by atoms with van der Waals surface area (Å²) in [6, 6.07) is 20.3. The number of benzene rings is 2. The fourth-order valence-corrected chi connectivity index (χ4v) is 4.53. The molecule has 5 rings (SSSR count). The number of rotatable bonds is 7. The number of aromatic nitrogens is 2. The standard InChI is InChI=1S/C29H27N5O3/c30-28(37)24(20-6-2-1-3-7-20)17-21-18-31-29-23(21)13-14-25(33-29)32-26(35)16-19-9-11-22(12-10-19)34-15-5-4-8-27(34)36/h1-3,6-7,9-14,17-18H,4-5,8,15-16H2,(H2,30,37)(H2,31,32,33,35)/b24-17+. The van der Waals surface area contributed by atoms with Crippen molar-refractivity contribution in [1.82, 2.24) is 9.97 Å². The van der Waals surface area contributed by atoms with Crippen LogP contribution >= 0.6 is 0 Å².